The predicted molar refractivity (Wildman–Crippen MR) is 105 cm³/mol. The lowest BCUT2D eigenvalue weighted by Gasteiger charge is -2.41. The zero-order chi connectivity index (χ0) is 19.3. The van der Waals surface area contributed by atoms with Crippen molar-refractivity contribution in [3.8, 4) is 12.3 Å². The molecule has 5 heteroatoms. The van der Waals surface area contributed by atoms with Crippen LogP contribution in [0.25, 0.3) is 0 Å². The first kappa shape index (κ1) is 19.4. The molecule has 2 aliphatic rings. The number of ether oxygens (including phenoxy) is 1. The molecule has 1 aromatic rings. The van der Waals surface area contributed by atoms with Gasteiger partial charge < -0.3 is 9.57 Å². The van der Waals surface area contributed by atoms with Gasteiger partial charge in [0.1, 0.15) is 6.10 Å². The molecule has 2 heterocycles. The van der Waals surface area contributed by atoms with Crippen molar-refractivity contribution in [2.75, 3.05) is 26.2 Å². The third kappa shape index (κ3) is 4.51. The Labute approximate surface area is 161 Å². The van der Waals surface area contributed by atoms with Gasteiger partial charge in [-0.05, 0) is 38.8 Å². The number of carbonyl (C=O) groups excluding carboxylic acids is 1. The highest BCUT2D eigenvalue weighted by Gasteiger charge is 2.46. The zero-order valence-electron chi connectivity index (χ0n) is 16.2. The second kappa shape index (κ2) is 8.58. The minimum Gasteiger partial charge on any atom is -0.466 e. The molecule has 5 nitrogen and oxygen atoms in total. The summed E-state index contributed by atoms with van der Waals surface area (Å²) in [7, 11) is 0. The molecule has 0 N–H and O–H groups in total. The van der Waals surface area contributed by atoms with Crippen molar-refractivity contribution >= 4 is 11.7 Å². The summed E-state index contributed by atoms with van der Waals surface area (Å²) >= 11 is 0. The molecule has 0 spiro atoms. The third-order valence-corrected chi connectivity index (χ3v) is 5.42. The molecule has 2 aliphatic heterocycles. The van der Waals surface area contributed by atoms with Crippen LogP contribution in [-0.4, -0.2) is 48.9 Å². The lowest BCUT2D eigenvalue weighted by atomic mass is 9.74. The molecule has 3 rings (SSSR count). The van der Waals surface area contributed by atoms with E-state index < -0.39 is 5.41 Å². The smallest absolute Gasteiger partial charge is 0.313 e. The molecule has 1 saturated heterocycles. The standard InChI is InChI=1S/C22H28N2O3/c1-4-12-24-13-6-11-22(16-24,21(25)26-5-2)15-19-14-20(23-27-19)18-9-7-17(3)8-10-18/h1,7-10,19H,5-6,11-16H2,2-3H3/t19-,22-/m0/s1. The van der Waals surface area contributed by atoms with Crippen molar-refractivity contribution in [2.45, 2.75) is 45.6 Å². The van der Waals surface area contributed by atoms with Crippen LogP contribution in [0.4, 0.5) is 0 Å². The van der Waals surface area contributed by atoms with Crippen molar-refractivity contribution in [2.24, 2.45) is 10.6 Å². The summed E-state index contributed by atoms with van der Waals surface area (Å²) in [4.78, 5) is 20.7. The Balaban J connectivity index is 1.71. The van der Waals surface area contributed by atoms with Gasteiger partial charge in [-0.1, -0.05) is 40.9 Å². The molecule has 27 heavy (non-hydrogen) atoms. The molecular weight excluding hydrogens is 340 g/mol. The first-order valence-electron chi connectivity index (χ1n) is 9.69. The number of nitrogens with zero attached hydrogens (tertiary/aromatic N) is 2. The molecule has 0 bridgehead atoms. The van der Waals surface area contributed by atoms with E-state index in [1.807, 2.05) is 6.92 Å². The average Bonchev–Trinajstić information content (AvgIpc) is 3.11. The monoisotopic (exact) mass is 368 g/mol. The Morgan fingerprint density at radius 3 is 2.93 bits per heavy atom. The lowest BCUT2D eigenvalue weighted by Crippen LogP contribution is -2.50. The molecule has 0 saturated carbocycles. The lowest BCUT2D eigenvalue weighted by molar-refractivity contribution is -0.162. The van der Waals surface area contributed by atoms with E-state index in [0.29, 0.717) is 32.5 Å². The normalized spacial score (nSPS) is 25.4. The summed E-state index contributed by atoms with van der Waals surface area (Å²) in [6.45, 7) is 6.38. The van der Waals surface area contributed by atoms with E-state index in [0.717, 1.165) is 30.7 Å². The van der Waals surface area contributed by atoms with Gasteiger partial charge in [-0.2, -0.15) is 0 Å². The van der Waals surface area contributed by atoms with E-state index in [-0.39, 0.29) is 12.1 Å². The number of aryl methyl sites for hydroxylation is 1. The van der Waals surface area contributed by atoms with Crippen LogP contribution in [0.1, 0.15) is 43.7 Å². The second-order valence-electron chi connectivity index (χ2n) is 7.56. The van der Waals surface area contributed by atoms with Crippen molar-refractivity contribution in [3.05, 3.63) is 35.4 Å². The van der Waals surface area contributed by atoms with Gasteiger partial charge in [0.25, 0.3) is 0 Å². The van der Waals surface area contributed by atoms with Crippen LogP contribution in [0.5, 0.6) is 0 Å². The summed E-state index contributed by atoms with van der Waals surface area (Å²) in [5.41, 5.74) is 2.65. The predicted octanol–water partition coefficient (Wildman–Crippen LogP) is 3.16. The van der Waals surface area contributed by atoms with Gasteiger partial charge >= 0.3 is 5.97 Å². The van der Waals surface area contributed by atoms with Gasteiger partial charge in [-0.25, -0.2) is 0 Å². The Hall–Kier alpha value is -2.32. The van der Waals surface area contributed by atoms with Crippen LogP contribution in [-0.2, 0) is 14.4 Å². The number of likely N-dealkylation sites (tertiary alicyclic amines) is 1. The maximum Gasteiger partial charge on any atom is 0.313 e. The number of terminal acetylenes is 1. The fourth-order valence-corrected chi connectivity index (χ4v) is 4.08. The minimum atomic E-state index is -0.575. The van der Waals surface area contributed by atoms with Gasteiger partial charge in [-0.3, -0.25) is 9.69 Å². The maximum absolute atomic E-state index is 12.9. The number of oxime groups is 1. The first-order valence-corrected chi connectivity index (χ1v) is 9.69. The molecule has 0 amide bonds. The quantitative estimate of drug-likeness (QED) is 0.572. The maximum atomic E-state index is 12.9. The van der Waals surface area contributed by atoms with Crippen LogP contribution in [0.2, 0.25) is 0 Å². The Morgan fingerprint density at radius 2 is 2.22 bits per heavy atom. The Kier molecular flexibility index (Phi) is 6.18. The third-order valence-electron chi connectivity index (χ3n) is 5.42. The number of benzene rings is 1. The van der Waals surface area contributed by atoms with Crippen LogP contribution in [0.3, 0.4) is 0 Å². The Bertz CT molecular complexity index is 735. The van der Waals surface area contributed by atoms with Gasteiger partial charge in [0.05, 0.1) is 24.3 Å². The molecule has 1 fully saturated rings. The fraction of sp³-hybridized carbons (Fsp3) is 0.545. The fourth-order valence-electron chi connectivity index (χ4n) is 4.08. The molecule has 0 unspecified atom stereocenters. The first-order chi connectivity index (χ1) is 13.1. The van der Waals surface area contributed by atoms with Crippen LogP contribution in [0.15, 0.2) is 29.4 Å². The number of esters is 1. The van der Waals surface area contributed by atoms with Crippen molar-refractivity contribution in [1.82, 2.24) is 4.90 Å². The highest BCUT2D eigenvalue weighted by Crippen LogP contribution is 2.38. The van der Waals surface area contributed by atoms with Crippen molar-refractivity contribution in [3.63, 3.8) is 0 Å². The second-order valence-corrected chi connectivity index (χ2v) is 7.56. The van der Waals surface area contributed by atoms with E-state index >= 15 is 0 Å². The average molecular weight is 368 g/mol. The minimum absolute atomic E-state index is 0.114. The van der Waals surface area contributed by atoms with Crippen LogP contribution in [0, 0.1) is 24.7 Å². The van der Waals surface area contributed by atoms with Crippen molar-refractivity contribution < 1.29 is 14.4 Å². The van der Waals surface area contributed by atoms with E-state index in [2.05, 4.69) is 47.2 Å². The highest BCUT2D eigenvalue weighted by atomic mass is 16.6. The summed E-state index contributed by atoms with van der Waals surface area (Å²) in [6, 6.07) is 8.28. The largest absolute Gasteiger partial charge is 0.466 e. The van der Waals surface area contributed by atoms with Gasteiger partial charge in [-0.15, -0.1) is 6.42 Å². The number of rotatable bonds is 6. The van der Waals surface area contributed by atoms with Crippen LogP contribution >= 0.6 is 0 Å². The summed E-state index contributed by atoms with van der Waals surface area (Å²) in [5, 5.41) is 4.29. The Morgan fingerprint density at radius 1 is 1.44 bits per heavy atom. The van der Waals surface area contributed by atoms with Crippen molar-refractivity contribution in [1.29, 1.82) is 0 Å². The SMILES string of the molecule is C#CCN1CCC[C@@](C[C@@H]2CC(c3ccc(C)cc3)=NO2)(C(=O)OCC)C1. The summed E-state index contributed by atoms with van der Waals surface area (Å²) < 4.78 is 5.44. The zero-order valence-corrected chi connectivity index (χ0v) is 16.2. The number of hydrogen-bond acceptors (Lipinski definition) is 5. The van der Waals surface area contributed by atoms with Crippen LogP contribution < -0.4 is 0 Å². The topological polar surface area (TPSA) is 51.1 Å². The van der Waals surface area contributed by atoms with Gasteiger partial charge in [0.2, 0.25) is 0 Å². The number of carbonyl (C=O) groups is 1. The highest BCUT2D eigenvalue weighted by molar-refractivity contribution is 6.01. The van der Waals surface area contributed by atoms with E-state index in [4.69, 9.17) is 16.0 Å². The molecule has 0 radical (unpaired) electrons. The van der Waals surface area contributed by atoms with E-state index in [1.54, 1.807) is 0 Å². The van der Waals surface area contributed by atoms with Gasteiger partial charge in [0, 0.05) is 19.4 Å². The number of hydrogen-bond donors (Lipinski definition) is 0. The summed E-state index contributed by atoms with van der Waals surface area (Å²) in [6.07, 6.45) is 8.41. The molecule has 0 aromatic heterocycles. The molecule has 1 aromatic carbocycles. The number of piperidine rings is 1. The molecule has 2 atom stereocenters. The molecule has 0 aliphatic carbocycles. The molecule has 144 valence electrons. The molecular formula is C22H28N2O3. The summed E-state index contributed by atoms with van der Waals surface area (Å²) in [5.74, 6) is 2.55. The van der Waals surface area contributed by atoms with Gasteiger partial charge in [0.15, 0.2) is 0 Å². The van der Waals surface area contributed by atoms with E-state index in [1.165, 1.54) is 5.56 Å². The van der Waals surface area contributed by atoms with E-state index in [9.17, 15) is 4.79 Å².